The van der Waals surface area contributed by atoms with Crippen molar-refractivity contribution in [3.63, 3.8) is 0 Å². The van der Waals surface area contributed by atoms with Gasteiger partial charge in [0.15, 0.2) is 5.16 Å². The molecule has 1 saturated carbocycles. The maximum absolute atomic E-state index is 12.1. The number of benzene rings is 1. The molecule has 3 rings (SSSR count). The molecule has 0 radical (unpaired) electrons. The number of amides is 1. The first-order chi connectivity index (χ1) is 12.6. The Kier molecular flexibility index (Phi) is 6.08. The number of nitrogens with one attached hydrogen (secondary N) is 1. The van der Waals surface area contributed by atoms with Crippen molar-refractivity contribution in [3.05, 3.63) is 35.7 Å². The van der Waals surface area contributed by atoms with E-state index in [1.165, 1.54) is 23.9 Å². The van der Waals surface area contributed by atoms with Crippen LogP contribution in [0.15, 0.2) is 29.4 Å². The number of ether oxygens (including phenoxy) is 1. The van der Waals surface area contributed by atoms with Gasteiger partial charge in [0.2, 0.25) is 5.91 Å². The fourth-order valence-electron chi connectivity index (χ4n) is 2.52. The van der Waals surface area contributed by atoms with Crippen molar-refractivity contribution in [1.82, 2.24) is 20.1 Å². The second-order valence-electron chi connectivity index (χ2n) is 5.95. The van der Waals surface area contributed by atoms with Crippen LogP contribution in [0.3, 0.4) is 0 Å². The molecule has 0 bridgehead atoms. The highest BCUT2D eigenvalue weighted by Crippen LogP contribution is 2.39. The van der Waals surface area contributed by atoms with Crippen molar-refractivity contribution in [3.8, 4) is 5.75 Å². The average molecular weight is 382 g/mol. The van der Waals surface area contributed by atoms with E-state index < -0.39 is 6.61 Å². The molecule has 1 fully saturated rings. The van der Waals surface area contributed by atoms with Crippen molar-refractivity contribution >= 4 is 17.7 Å². The summed E-state index contributed by atoms with van der Waals surface area (Å²) in [5.74, 6) is 1.75. The van der Waals surface area contributed by atoms with Gasteiger partial charge < -0.3 is 14.6 Å². The van der Waals surface area contributed by atoms with E-state index in [1.54, 1.807) is 12.1 Å². The molecule has 1 N–H and O–H groups in total. The van der Waals surface area contributed by atoms with Gasteiger partial charge in [-0.1, -0.05) is 23.9 Å². The number of nitrogens with zero attached hydrogens (tertiary/aromatic N) is 3. The summed E-state index contributed by atoms with van der Waals surface area (Å²) in [6.07, 6.45) is 2.31. The Hall–Kier alpha value is -2.16. The molecule has 0 spiro atoms. The van der Waals surface area contributed by atoms with E-state index in [2.05, 4.69) is 24.8 Å². The Morgan fingerprint density at radius 2 is 2.08 bits per heavy atom. The SMILES string of the molecule is CCn1c(SCC(=O)NCc2ccc(OC(F)F)cc2)nnc1C1CC1. The first-order valence-electron chi connectivity index (χ1n) is 8.43. The summed E-state index contributed by atoms with van der Waals surface area (Å²) in [5, 5.41) is 12.0. The predicted molar refractivity (Wildman–Crippen MR) is 93.3 cm³/mol. The van der Waals surface area contributed by atoms with E-state index in [0.29, 0.717) is 12.5 Å². The zero-order valence-electron chi connectivity index (χ0n) is 14.3. The second kappa shape index (κ2) is 8.48. The topological polar surface area (TPSA) is 69.0 Å². The lowest BCUT2D eigenvalue weighted by atomic mass is 10.2. The van der Waals surface area contributed by atoms with Gasteiger partial charge in [0.1, 0.15) is 11.6 Å². The second-order valence-corrected chi connectivity index (χ2v) is 6.89. The van der Waals surface area contributed by atoms with Gasteiger partial charge in [0.25, 0.3) is 0 Å². The fourth-order valence-corrected chi connectivity index (χ4v) is 3.36. The standard InChI is InChI=1S/C17H20F2N4O2S/c1-2-23-15(12-5-6-12)21-22-17(23)26-10-14(24)20-9-11-3-7-13(8-4-11)25-16(18)19/h3-4,7-8,12,16H,2,5-6,9-10H2,1H3,(H,20,24). The van der Waals surface area contributed by atoms with Crippen molar-refractivity contribution in [2.75, 3.05) is 5.75 Å². The number of thioether (sulfide) groups is 1. The first-order valence-corrected chi connectivity index (χ1v) is 9.41. The Morgan fingerprint density at radius 1 is 1.35 bits per heavy atom. The Labute approximate surface area is 154 Å². The van der Waals surface area contributed by atoms with E-state index in [0.717, 1.165) is 35.9 Å². The lowest BCUT2D eigenvalue weighted by molar-refractivity contribution is -0.118. The quantitative estimate of drug-likeness (QED) is 0.675. The van der Waals surface area contributed by atoms with Crippen LogP contribution in [-0.2, 0) is 17.9 Å². The molecule has 2 aromatic rings. The van der Waals surface area contributed by atoms with Gasteiger partial charge in [-0.25, -0.2) is 0 Å². The van der Waals surface area contributed by atoms with Crippen LogP contribution in [0.1, 0.15) is 37.1 Å². The van der Waals surface area contributed by atoms with Gasteiger partial charge in [-0.3, -0.25) is 4.79 Å². The summed E-state index contributed by atoms with van der Waals surface area (Å²) in [7, 11) is 0. The van der Waals surface area contributed by atoms with Crippen LogP contribution in [0.2, 0.25) is 0 Å². The van der Waals surface area contributed by atoms with Gasteiger partial charge >= 0.3 is 6.61 Å². The van der Waals surface area contributed by atoms with E-state index in [4.69, 9.17) is 0 Å². The number of alkyl halides is 2. The summed E-state index contributed by atoms with van der Waals surface area (Å²) in [5.41, 5.74) is 0.803. The molecule has 26 heavy (non-hydrogen) atoms. The van der Waals surface area contributed by atoms with Crippen LogP contribution in [0, 0.1) is 0 Å². The van der Waals surface area contributed by atoms with Crippen LogP contribution >= 0.6 is 11.8 Å². The van der Waals surface area contributed by atoms with E-state index in [9.17, 15) is 13.6 Å². The Bertz CT molecular complexity index is 748. The predicted octanol–water partition coefficient (Wildman–Crippen LogP) is 3.19. The molecular formula is C17H20F2N4O2S. The summed E-state index contributed by atoms with van der Waals surface area (Å²) < 4.78 is 30.6. The van der Waals surface area contributed by atoms with Crippen molar-refractivity contribution in [2.24, 2.45) is 0 Å². The van der Waals surface area contributed by atoms with Crippen LogP contribution in [0.5, 0.6) is 5.75 Å². The molecular weight excluding hydrogens is 362 g/mol. The van der Waals surface area contributed by atoms with Crippen LogP contribution in [0.4, 0.5) is 8.78 Å². The van der Waals surface area contributed by atoms with E-state index in [-0.39, 0.29) is 17.4 Å². The van der Waals surface area contributed by atoms with Gasteiger partial charge in [0.05, 0.1) is 5.75 Å². The summed E-state index contributed by atoms with van der Waals surface area (Å²) >= 11 is 1.36. The number of carbonyl (C=O) groups is 1. The lowest BCUT2D eigenvalue weighted by Gasteiger charge is -2.08. The zero-order valence-corrected chi connectivity index (χ0v) is 15.1. The number of hydrogen-bond donors (Lipinski definition) is 1. The summed E-state index contributed by atoms with van der Waals surface area (Å²) in [4.78, 5) is 12.0. The molecule has 1 aromatic carbocycles. The minimum absolute atomic E-state index is 0.0935. The maximum Gasteiger partial charge on any atom is 0.387 e. The van der Waals surface area contributed by atoms with Crippen molar-refractivity contribution in [1.29, 1.82) is 0 Å². The molecule has 1 aliphatic rings. The molecule has 1 aromatic heterocycles. The minimum Gasteiger partial charge on any atom is -0.435 e. The van der Waals surface area contributed by atoms with Crippen LogP contribution in [0.25, 0.3) is 0 Å². The third kappa shape index (κ3) is 4.94. The molecule has 0 unspecified atom stereocenters. The number of halogens is 2. The highest BCUT2D eigenvalue weighted by Gasteiger charge is 2.30. The van der Waals surface area contributed by atoms with Gasteiger partial charge in [-0.15, -0.1) is 10.2 Å². The third-order valence-electron chi connectivity index (χ3n) is 3.97. The normalized spacial score (nSPS) is 13.8. The molecule has 0 atom stereocenters. The highest BCUT2D eigenvalue weighted by molar-refractivity contribution is 7.99. The van der Waals surface area contributed by atoms with Gasteiger partial charge in [-0.2, -0.15) is 8.78 Å². The molecule has 1 amide bonds. The van der Waals surface area contributed by atoms with E-state index >= 15 is 0 Å². The molecule has 6 nitrogen and oxygen atoms in total. The summed E-state index contributed by atoms with van der Waals surface area (Å²) in [6.45, 7) is 0.307. The fraction of sp³-hybridized carbons (Fsp3) is 0.471. The average Bonchev–Trinajstić information content (AvgIpc) is 3.38. The maximum atomic E-state index is 12.1. The Balaban J connectivity index is 1.46. The smallest absolute Gasteiger partial charge is 0.387 e. The van der Waals surface area contributed by atoms with Gasteiger partial charge in [-0.05, 0) is 37.5 Å². The minimum atomic E-state index is -2.84. The number of carbonyl (C=O) groups excluding carboxylic acids is 1. The van der Waals surface area contributed by atoms with Crippen molar-refractivity contribution in [2.45, 2.75) is 50.5 Å². The molecule has 1 heterocycles. The molecule has 9 heteroatoms. The number of rotatable bonds is 9. The highest BCUT2D eigenvalue weighted by atomic mass is 32.2. The van der Waals surface area contributed by atoms with Gasteiger partial charge in [0, 0.05) is 19.0 Å². The number of aromatic nitrogens is 3. The third-order valence-corrected chi connectivity index (χ3v) is 4.94. The van der Waals surface area contributed by atoms with Crippen molar-refractivity contribution < 1.29 is 18.3 Å². The monoisotopic (exact) mass is 382 g/mol. The lowest BCUT2D eigenvalue weighted by Crippen LogP contribution is -2.24. The summed E-state index contributed by atoms with van der Waals surface area (Å²) in [6, 6.07) is 6.18. The van der Waals surface area contributed by atoms with E-state index in [1.807, 2.05) is 6.92 Å². The molecule has 0 saturated heterocycles. The first kappa shape index (κ1) is 18.6. The molecule has 140 valence electrons. The molecule has 0 aliphatic heterocycles. The molecule has 1 aliphatic carbocycles. The largest absolute Gasteiger partial charge is 0.435 e. The van der Waals surface area contributed by atoms with Crippen LogP contribution < -0.4 is 10.1 Å². The number of hydrogen-bond acceptors (Lipinski definition) is 5. The Morgan fingerprint density at radius 3 is 2.69 bits per heavy atom. The zero-order chi connectivity index (χ0) is 18.5. The van der Waals surface area contributed by atoms with Crippen LogP contribution in [-0.4, -0.2) is 33.0 Å².